The maximum absolute atomic E-state index is 12.5. The lowest BCUT2D eigenvalue weighted by atomic mass is 10.0. The summed E-state index contributed by atoms with van der Waals surface area (Å²) in [6.45, 7) is 6.88. The van der Waals surface area contributed by atoms with Crippen LogP contribution in [0.3, 0.4) is 0 Å². The van der Waals surface area contributed by atoms with Gasteiger partial charge in [0.1, 0.15) is 11.8 Å². The van der Waals surface area contributed by atoms with Gasteiger partial charge >= 0.3 is 0 Å². The molecule has 0 saturated carbocycles. The Hall–Kier alpha value is -2.34. The van der Waals surface area contributed by atoms with E-state index in [4.69, 9.17) is 4.74 Å². The van der Waals surface area contributed by atoms with E-state index in [1.165, 1.54) is 4.88 Å². The molecule has 0 spiro atoms. The zero-order valence-corrected chi connectivity index (χ0v) is 16.3. The fourth-order valence-electron chi connectivity index (χ4n) is 2.50. The van der Waals surface area contributed by atoms with Crippen LogP contribution in [0.25, 0.3) is 0 Å². The molecule has 1 aromatic carbocycles. The number of nitrogens with one attached hydrogen (secondary N) is 2. The molecule has 1 atom stereocenters. The monoisotopic (exact) mass is 374 g/mol. The topological polar surface area (TPSA) is 67.4 Å². The first-order valence-corrected chi connectivity index (χ1v) is 9.73. The van der Waals surface area contributed by atoms with E-state index in [0.717, 1.165) is 12.2 Å². The molecule has 140 valence electrons. The highest BCUT2D eigenvalue weighted by atomic mass is 32.1. The molecule has 2 N–H and O–H groups in total. The normalized spacial score (nSPS) is 11.8. The summed E-state index contributed by atoms with van der Waals surface area (Å²) in [6.07, 6.45) is 0.793. The van der Waals surface area contributed by atoms with Crippen molar-refractivity contribution in [2.45, 2.75) is 33.2 Å². The number of ether oxygens (including phenoxy) is 1. The van der Waals surface area contributed by atoms with Crippen molar-refractivity contribution in [2.24, 2.45) is 5.92 Å². The third kappa shape index (κ3) is 5.88. The lowest BCUT2D eigenvalue weighted by Gasteiger charge is -2.21. The lowest BCUT2D eigenvalue weighted by molar-refractivity contribution is -0.123. The van der Waals surface area contributed by atoms with Crippen LogP contribution in [0.4, 0.5) is 0 Å². The highest BCUT2D eigenvalue weighted by Crippen LogP contribution is 2.13. The molecule has 26 heavy (non-hydrogen) atoms. The van der Waals surface area contributed by atoms with Crippen LogP contribution in [0.5, 0.6) is 5.75 Å². The Kier molecular flexibility index (Phi) is 7.66. The maximum Gasteiger partial charge on any atom is 0.251 e. The molecule has 2 amide bonds. The minimum atomic E-state index is -0.572. The van der Waals surface area contributed by atoms with Gasteiger partial charge in [0, 0.05) is 17.0 Å². The third-order valence-corrected chi connectivity index (χ3v) is 4.85. The fraction of sp³-hybridized carbons (Fsp3) is 0.400. The average Bonchev–Trinajstić information content (AvgIpc) is 3.13. The maximum atomic E-state index is 12.5. The van der Waals surface area contributed by atoms with Gasteiger partial charge in [-0.1, -0.05) is 19.9 Å². The van der Waals surface area contributed by atoms with Gasteiger partial charge in [0.2, 0.25) is 5.91 Å². The smallest absolute Gasteiger partial charge is 0.251 e. The van der Waals surface area contributed by atoms with Crippen molar-refractivity contribution < 1.29 is 14.3 Å². The minimum absolute atomic E-state index is 0.0108. The molecule has 0 aliphatic rings. The van der Waals surface area contributed by atoms with Gasteiger partial charge in [-0.15, -0.1) is 11.3 Å². The Morgan fingerprint density at radius 3 is 2.46 bits per heavy atom. The number of carbonyl (C=O) groups excluding carboxylic acids is 2. The van der Waals surface area contributed by atoms with Crippen LogP contribution in [0.2, 0.25) is 0 Å². The van der Waals surface area contributed by atoms with Gasteiger partial charge in [0.25, 0.3) is 5.91 Å². The van der Waals surface area contributed by atoms with Crippen molar-refractivity contribution in [2.75, 3.05) is 13.2 Å². The second kappa shape index (κ2) is 9.97. The van der Waals surface area contributed by atoms with E-state index in [1.807, 2.05) is 38.3 Å². The molecule has 1 aromatic heterocycles. The van der Waals surface area contributed by atoms with E-state index in [0.29, 0.717) is 18.7 Å². The minimum Gasteiger partial charge on any atom is -0.494 e. The van der Waals surface area contributed by atoms with Gasteiger partial charge in [-0.05, 0) is 55.0 Å². The van der Waals surface area contributed by atoms with Gasteiger partial charge in [0.15, 0.2) is 0 Å². The summed E-state index contributed by atoms with van der Waals surface area (Å²) in [4.78, 5) is 26.2. The molecule has 2 aromatic rings. The zero-order valence-electron chi connectivity index (χ0n) is 15.5. The van der Waals surface area contributed by atoms with Gasteiger partial charge < -0.3 is 15.4 Å². The van der Waals surface area contributed by atoms with Crippen LogP contribution < -0.4 is 15.4 Å². The second-order valence-corrected chi connectivity index (χ2v) is 7.31. The van der Waals surface area contributed by atoms with E-state index < -0.39 is 6.04 Å². The average molecular weight is 375 g/mol. The fourth-order valence-corrected chi connectivity index (χ4v) is 3.21. The SMILES string of the molecule is CCOc1ccc(C(=O)NC(C(=O)NCCc2cccs2)C(C)C)cc1. The number of rotatable bonds is 9. The summed E-state index contributed by atoms with van der Waals surface area (Å²) >= 11 is 1.67. The molecule has 0 bridgehead atoms. The van der Waals surface area contributed by atoms with Crippen LogP contribution in [0.1, 0.15) is 36.0 Å². The van der Waals surface area contributed by atoms with Crippen molar-refractivity contribution in [3.8, 4) is 5.75 Å². The number of amides is 2. The van der Waals surface area contributed by atoms with Crippen molar-refractivity contribution in [1.29, 1.82) is 0 Å². The Morgan fingerprint density at radius 2 is 1.88 bits per heavy atom. The van der Waals surface area contributed by atoms with Gasteiger partial charge in [-0.25, -0.2) is 0 Å². The van der Waals surface area contributed by atoms with Gasteiger partial charge in [0.05, 0.1) is 6.61 Å². The Labute approximate surface area is 158 Å². The van der Waals surface area contributed by atoms with Crippen LogP contribution in [-0.4, -0.2) is 31.0 Å². The summed E-state index contributed by atoms with van der Waals surface area (Å²) in [6, 6.07) is 10.4. The Balaban J connectivity index is 1.91. The summed E-state index contributed by atoms with van der Waals surface area (Å²) in [5, 5.41) is 7.78. The largest absolute Gasteiger partial charge is 0.494 e. The van der Waals surface area contributed by atoms with Crippen LogP contribution in [0, 0.1) is 5.92 Å². The number of hydrogen-bond acceptors (Lipinski definition) is 4. The molecule has 0 saturated heterocycles. The predicted octanol–water partition coefficient (Wildman–Crippen LogP) is 3.26. The Bertz CT molecular complexity index is 696. The molecule has 0 aliphatic carbocycles. The molecule has 1 heterocycles. The molecule has 0 aliphatic heterocycles. The van der Waals surface area contributed by atoms with Crippen LogP contribution in [0.15, 0.2) is 41.8 Å². The third-order valence-electron chi connectivity index (χ3n) is 3.91. The van der Waals surface area contributed by atoms with Crippen molar-refractivity contribution in [3.63, 3.8) is 0 Å². The molecule has 2 rings (SSSR count). The van der Waals surface area contributed by atoms with Crippen molar-refractivity contribution in [1.82, 2.24) is 10.6 Å². The molecular formula is C20H26N2O3S. The zero-order chi connectivity index (χ0) is 18.9. The molecule has 6 heteroatoms. The number of thiophene rings is 1. The Morgan fingerprint density at radius 1 is 1.15 bits per heavy atom. The molecular weight excluding hydrogens is 348 g/mol. The number of hydrogen-bond donors (Lipinski definition) is 2. The predicted molar refractivity (Wildman–Crippen MR) is 105 cm³/mol. The first kappa shape index (κ1) is 20.0. The van der Waals surface area contributed by atoms with E-state index >= 15 is 0 Å². The summed E-state index contributed by atoms with van der Waals surface area (Å²) < 4.78 is 5.38. The summed E-state index contributed by atoms with van der Waals surface area (Å²) in [7, 11) is 0. The highest BCUT2D eigenvalue weighted by molar-refractivity contribution is 7.09. The number of benzene rings is 1. The van der Waals surface area contributed by atoms with E-state index in [1.54, 1.807) is 35.6 Å². The van der Waals surface area contributed by atoms with Crippen LogP contribution >= 0.6 is 11.3 Å². The summed E-state index contributed by atoms with van der Waals surface area (Å²) in [5.41, 5.74) is 0.505. The first-order valence-electron chi connectivity index (χ1n) is 8.85. The quantitative estimate of drug-likeness (QED) is 0.708. The molecule has 0 fully saturated rings. The molecule has 5 nitrogen and oxygen atoms in total. The van der Waals surface area contributed by atoms with Crippen molar-refractivity contribution in [3.05, 3.63) is 52.2 Å². The molecule has 0 radical (unpaired) electrons. The first-order chi connectivity index (χ1) is 12.5. The van der Waals surface area contributed by atoms with E-state index in [-0.39, 0.29) is 17.7 Å². The highest BCUT2D eigenvalue weighted by Gasteiger charge is 2.24. The van der Waals surface area contributed by atoms with Crippen molar-refractivity contribution >= 4 is 23.2 Å². The second-order valence-electron chi connectivity index (χ2n) is 6.27. The molecule has 1 unspecified atom stereocenters. The van der Waals surface area contributed by atoms with E-state index in [9.17, 15) is 9.59 Å². The summed E-state index contributed by atoms with van der Waals surface area (Å²) in [5.74, 6) is 0.287. The van der Waals surface area contributed by atoms with Gasteiger partial charge in [-0.3, -0.25) is 9.59 Å². The standard InChI is InChI=1S/C20H26N2O3S/c1-4-25-16-9-7-15(8-10-16)19(23)22-18(14(2)3)20(24)21-12-11-17-6-5-13-26-17/h5-10,13-14,18H,4,11-12H2,1-3H3,(H,21,24)(H,22,23). The lowest BCUT2D eigenvalue weighted by Crippen LogP contribution is -2.50. The number of carbonyl (C=O) groups is 2. The van der Waals surface area contributed by atoms with Crippen LogP contribution in [-0.2, 0) is 11.2 Å². The van der Waals surface area contributed by atoms with Gasteiger partial charge in [-0.2, -0.15) is 0 Å². The van der Waals surface area contributed by atoms with E-state index in [2.05, 4.69) is 10.6 Å².